The largest absolute Gasteiger partial charge is 0.383 e. The molecular formula is C21H23N3O6S. The van der Waals surface area contributed by atoms with Crippen LogP contribution in [0.2, 0.25) is 0 Å². The summed E-state index contributed by atoms with van der Waals surface area (Å²) in [4.78, 5) is 38.0. The molecule has 0 bridgehead atoms. The highest BCUT2D eigenvalue weighted by molar-refractivity contribution is 7.89. The number of benzene rings is 2. The number of methoxy groups -OCH3 is 1. The van der Waals surface area contributed by atoms with Crippen molar-refractivity contribution < 1.29 is 27.5 Å². The number of nitrogens with zero attached hydrogens (tertiary/aromatic N) is 1. The van der Waals surface area contributed by atoms with Crippen LogP contribution < -0.4 is 10.0 Å². The van der Waals surface area contributed by atoms with Gasteiger partial charge in [-0.25, -0.2) is 13.1 Å². The van der Waals surface area contributed by atoms with E-state index in [0.29, 0.717) is 16.7 Å². The van der Waals surface area contributed by atoms with Gasteiger partial charge in [0.25, 0.3) is 11.8 Å². The predicted molar refractivity (Wildman–Crippen MR) is 112 cm³/mol. The molecule has 0 aliphatic carbocycles. The SMILES string of the molecule is COCCNS(=O)(=O)c1ccc(CNC(=O)CCN2C(=O)c3ccccc3C2=O)cc1. The first-order chi connectivity index (χ1) is 14.8. The number of amides is 3. The summed E-state index contributed by atoms with van der Waals surface area (Å²) in [6, 6.07) is 12.7. The molecule has 0 unspecified atom stereocenters. The van der Waals surface area contributed by atoms with Crippen molar-refractivity contribution in [2.24, 2.45) is 0 Å². The average molecular weight is 445 g/mol. The normalized spacial score (nSPS) is 13.4. The van der Waals surface area contributed by atoms with E-state index in [1.165, 1.54) is 19.2 Å². The van der Waals surface area contributed by atoms with E-state index >= 15 is 0 Å². The number of fused-ring (bicyclic) bond motifs is 1. The third kappa shape index (κ3) is 5.35. The van der Waals surface area contributed by atoms with Crippen molar-refractivity contribution in [1.29, 1.82) is 0 Å². The third-order valence-electron chi connectivity index (χ3n) is 4.76. The van der Waals surface area contributed by atoms with Crippen molar-refractivity contribution in [3.05, 3.63) is 65.2 Å². The van der Waals surface area contributed by atoms with Gasteiger partial charge in [0.2, 0.25) is 15.9 Å². The average Bonchev–Trinajstić information content (AvgIpc) is 3.01. The topological polar surface area (TPSA) is 122 Å². The number of ether oxygens (including phenoxy) is 1. The number of sulfonamides is 1. The van der Waals surface area contributed by atoms with Crippen molar-refractivity contribution in [2.75, 3.05) is 26.8 Å². The molecule has 0 atom stereocenters. The lowest BCUT2D eigenvalue weighted by atomic mass is 10.1. The molecule has 0 aromatic heterocycles. The minimum atomic E-state index is -3.62. The molecular weight excluding hydrogens is 422 g/mol. The van der Waals surface area contributed by atoms with Gasteiger partial charge in [-0.05, 0) is 29.8 Å². The molecule has 0 fully saturated rings. The molecule has 0 radical (unpaired) electrons. The summed E-state index contributed by atoms with van der Waals surface area (Å²) in [5.74, 6) is -1.12. The van der Waals surface area contributed by atoms with Gasteiger partial charge in [0.05, 0.1) is 22.6 Å². The maximum Gasteiger partial charge on any atom is 0.261 e. The Morgan fingerprint density at radius 3 is 2.19 bits per heavy atom. The summed E-state index contributed by atoms with van der Waals surface area (Å²) in [5.41, 5.74) is 1.41. The summed E-state index contributed by atoms with van der Waals surface area (Å²) in [5, 5.41) is 2.70. The Kier molecular flexibility index (Phi) is 7.16. The van der Waals surface area contributed by atoms with E-state index in [0.717, 1.165) is 4.90 Å². The molecule has 0 saturated heterocycles. The van der Waals surface area contributed by atoms with Crippen molar-refractivity contribution in [1.82, 2.24) is 14.9 Å². The first kappa shape index (κ1) is 22.6. The fourth-order valence-electron chi connectivity index (χ4n) is 3.09. The van der Waals surface area contributed by atoms with Crippen molar-refractivity contribution >= 4 is 27.7 Å². The quantitative estimate of drug-likeness (QED) is 0.414. The Bertz CT molecular complexity index is 1050. The van der Waals surface area contributed by atoms with Gasteiger partial charge in [0.1, 0.15) is 0 Å². The van der Waals surface area contributed by atoms with Gasteiger partial charge in [0, 0.05) is 33.2 Å². The molecule has 3 amide bonds. The van der Waals surface area contributed by atoms with E-state index in [2.05, 4.69) is 10.0 Å². The number of hydrogen-bond donors (Lipinski definition) is 2. The lowest BCUT2D eigenvalue weighted by Gasteiger charge is -2.13. The van der Waals surface area contributed by atoms with E-state index < -0.39 is 21.8 Å². The maximum atomic E-state index is 12.3. The first-order valence-corrected chi connectivity index (χ1v) is 11.1. The van der Waals surface area contributed by atoms with Gasteiger partial charge < -0.3 is 10.1 Å². The minimum absolute atomic E-state index is 0.0114. The van der Waals surface area contributed by atoms with Crippen molar-refractivity contribution in [3.63, 3.8) is 0 Å². The summed E-state index contributed by atoms with van der Waals surface area (Å²) in [7, 11) is -2.14. The Morgan fingerprint density at radius 2 is 1.61 bits per heavy atom. The Labute approximate surface area is 180 Å². The summed E-state index contributed by atoms with van der Waals surface area (Å²) in [6.07, 6.45) is -0.0264. The van der Waals surface area contributed by atoms with Gasteiger partial charge in [0.15, 0.2) is 0 Å². The van der Waals surface area contributed by atoms with Crippen molar-refractivity contribution in [2.45, 2.75) is 17.9 Å². The van der Waals surface area contributed by atoms with E-state index in [1.807, 2.05) is 0 Å². The molecule has 1 heterocycles. The standard InChI is InChI=1S/C21H23N3O6S/c1-30-13-11-23-31(28,29)16-8-6-15(7-9-16)14-22-19(25)10-12-24-20(26)17-4-2-3-5-18(17)21(24)27/h2-9,23H,10-14H2,1H3,(H,22,25). The second kappa shape index (κ2) is 9.82. The Morgan fingerprint density at radius 1 is 1.00 bits per heavy atom. The highest BCUT2D eigenvalue weighted by Gasteiger charge is 2.34. The van der Waals surface area contributed by atoms with Crippen LogP contribution in [-0.2, 0) is 26.1 Å². The lowest BCUT2D eigenvalue weighted by molar-refractivity contribution is -0.121. The highest BCUT2D eigenvalue weighted by Crippen LogP contribution is 2.22. The van der Waals surface area contributed by atoms with Crippen LogP contribution in [-0.4, -0.2) is 57.8 Å². The fraction of sp³-hybridized carbons (Fsp3) is 0.286. The first-order valence-electron chi connectivity index (χ1n) is 9.63. The molecule has 1 aliphatic rings. The van der Waals surface area contributed by atoms with Crippen LogP contribution >= 0.6 is 0 Å². The third-order valence-corrected chi connectivity index (χ3v) is 6.24. The van der Waals surface area contributed by atoms with Crippen LogP contribution in [0.25, 0.3) is 0 Å². The zero-order valence-electron chi connectivity index (χ0n) is 17.0. The van der Waals surface area contributed by atoms with Gasteiger partial charge in [-0.2, -0.15) is 0 Å². The summed E-state index contributed by atoms with van der Waals surface area (Å²) < 4.78 is 31.5. The van der Waals surface area contributed by atoms with E-state index in [4.69, 9.17) is 4.74 Å². The number of hydrogen-bond acceptors (Lipinski definition) is 6. The number of rotatable bonds is 10. The molecule has 10 heteroatoms. The van der Waals surface area contributed by atoms with Crippen LogP contribution in [0.5, 0.6) is 0 Å². The Balaban J connectivity index is 1.48. The fourth-order valence-corrected chi connectivity index (χ4v) is 4.11. The van der Waals surface area contributed by atoms with Gasteiger partial charge in [-0.1, -0.05) is 24.3 Å². The van der Waals surface area contributed by atoms with Crippen molar-refractivity contribution in [3.8, 4) is 0 Å². The monoisotopic (exact) mass is 445 g/mol. The number of carbonyl (C=O) groups is 3. The second-order valence-electron chi connectivity index (χ2n) is 6.87. The van der Waals surface area contributed by atoms with E-state index in [1.54, 1.807) is 36.4 Å². The van der Waals surface area contributed by atoms with Crippen LogP contribution in [0.1, 0.15) is 32.7 Å². The van der Waals surface area contributed by atoms with Crippen LogP contribution in [0, 0.1) is 0 Å². The molecule has 1 aliphatic heterocycles. The lowest BCUT2D eigenvalue weighted by Crippen LogP contribution is -2.34. The molecule has 0 spiro atoms. The van der Waals surface area contributed by atoms with Crippen LogP contribution in [0.4, 0.5) is 0 Å². The van der Waals surface area contributed by atoms with Gasteiger partial charge >= 0.3 is 0 Å². The zero-order valence-corrected chi connectivity index (χ0v) is 17.8. The number of carbonyl (C=O) groups excluding carboxylic acids is 3. The molecule has 31 heavy (non-hydrogen) atoms. The van der Waals surface area contributed by atoms with E-state index in [-0.39, 0.29) is 43.5 Å². The molecule has 3 rings (SSSR count). The van der Waals surface area contributed by atoms with Crippen LogP contribution in [0.15, 0.2) is 53.4 Å². The number of nitrogens with one attached hydrogen (secondary N) is 2. The minimum Gasteiger partial charge on any atom is -0.383 e. The Hall–Kier alpha value is -3.08. The predicted octanol–water partition coefficient (Wildman–Crippen LogP) is 0.914. The van der Waals surface area contributed by atoms with Crippen LogP contribution in [0.3, 0.4) is 0 Å². The zero-order chi connectivity index (χ0) is 22.4. The van der Waals surface area contributed by atoms with Gasteiger partial charge in [-0.3, -0.25) is 19.3 Å². The summed E-state index contributed by atoms with van der Waals surface area (Å²) in [6.45, 7) is 0.620. The summed E-state index contributed by atoms with van der Waals surface area (Å²) >= 11 is 0. The van der Waals surface area contributed by atoms with E-state index in [9.17, 15) is 22.8 Å². The molecule has 2 aromatic carbocycles. The molecule has 164 valence electrons. The second-order valence-corrected chi connectivity index (χ2v) is 8.64. The molecule has 2 N–H and O–H groups in total. The smallest absolute Gasteiger partial charge is 0.261 e. The number of imide groups is 1. The molecule has 0 saturated carbocycles. The maximum absolute atomic E-state index is 12.3. The molecule has 2 aromatic rings. The van der Waals surface area contributed by atoms with Gasteiger partial charge in [-0.15, -0.1) is 0 Å². The molecule has 9 nitrogen and oxygen atoms in total. The highest BCUT2D eigenvalue weighted by atomic mass is 32.2.